The lowest BCUT2D eigenvalue weighted by Gasteiger charge is -2.19. The number of carbonyl (C=O) groups is 1. The molecule has 1 amide bonds. The van der Waals surface area contributed by atoms with E-state index in [1.165, 1.54) is 0 Å². The molecule has 0 saturated carbocycles. The molecule has 0 saturated heterocycles. The number of benzene rings is 3. The average Bonchev–Trinajstić information content (AvgIpc) is 2.73. The first-order valence-corrected chi connectivity index (χ1v) is 9.24. The van der Waals surface area contributed by atoms with Gasteiger partial charge in [-0.3, -0.25) is 4.79 Å². The SMILES string of the molecule is O=C(COc1ccc(-c2ccccc2)cc1Cl)Nc1ccc2c(c1)OCCO2. The summed E-state index contributed by atoms with van der Waals surface area (Å²) in [7, 11) is 0. The largest absolute Gasteiger partial charge is 0.486 e. The smallest absolute Gasteiger partial charge is 0.262 e. The summed E-state index contributed by atoms with van der Waals surface area (Å²) >= 11 is 6.32. The fourth-order valence-corrected chi connectivity index (χ4v) is 3.12. The van der Waals surface area contributed by atoms with Crippen molar-refractivity contribution in [2.75, 3.05) is 25.1 Å². The van der Waals surface area contributed by atoms with Gasteiger partial charge in [0.2, 0.25) is 0 Å². The molecule has 0 spiro atoms. The molecule has 0 atom stereocenters. The number of halogens is 1. The van der Waals surface area contributed by atoms with Crippen molar-refractivity contribution in [3.63, 3.8) is 0 Å². The molecule has 1 aliphatic rings. The van der Waals surface area contributed by atoms with E-state index in [-0.39, 0.29) is 12.5 Å². The molecule has 1 heterocycles. The van der Waals surface area contributed by atoms with Gasteiger partial charge in [0.1, 0.15) is 19.0 Å². The monoisotopic (exact) mass is 395 g/mol. The van der Waals surface area contributed by atoms with E-state index in [9.17, 15) is 4.79 Å². The van der Waals surface area contributed by atoms with Gasteiger partial charge in [-0.1, -0.05) is 48.0 Å². The molecule has 142 valence electrons. The van der Waals surface area contributed by atoms with Gasteiger partial charge in [-0.25, -0.2) is 0 Å². The first-order valence-electron chi connectivity index (χ1n) is 8.86. The molecule has 0 radical (unpaired) electrons. The van der Waals surface area contributed by atoms with E-state index in [1.54, 1.807) is 24.3 Å². The lowest BCUT2D eigenvalue weighted by molar-refractivity contribution is -0.118. The maximum atomic E-state index is 12.2. The second-order valence-corrected chi connectivity index (χ2v) is 6.61. The number of hydrogen-bond donors (Lipinski definition) is 1. The summed E-state index contributed by atoms with van der Waals surface area (Å²) in [5.41, 5.74) is 2.66. The van der Waals surface area contributed by atoms with Crippen LogP contribution < -0.4 is 19.5 Å². The topological polar surface area (TPSA) is 56.8 Å². The Balaban J connectivity index is 1.37. The van der Waals surface area contributed by atoms with Gasteiger partial charge in [-0.15, -0.1) is 0 Å². The molecule has 1 aliphatic heterocycles. The van der Waals surface area contributed by atoms with Gasteiger partial charge in [0.25, 0.3) is 5.91 Å². The number of amides is 1. The van der Waals surface area contributed by atoms with Gasteiger partial charge in [0, 0.05) is 11.8 Å². The van der Waals surface area contributed by atoms with Crippen molar-refractivity contribution >= 4 is 23.2 Å². The van der Waals surface area contributed by atoms with Crippen LogP contribution in [0.2, 0.25) is 5.02 Å². The summed E-state index contributed by atoms with van der Waals surface area (Å²) in [5.74, 6) is 1.45. The van der Waals surface area contributed by atoms with E-state index in [4.69, 9.17) is 25.8 Å². The highest BCUT2D eigenvalue weighted by Gasteiger charge is 2.13. The molecule has 3 aromatic rings. The van der Waals surface area contributed by atoms with Gasteiger partial charge in [0.05, 0.1) is 5.02 Å². The summed E-state index contributed by atoms with van der Waals surface area (Å²) in [6.45, 7) is 0.861. The summed E-state index contributed by atoms with van der Waals surface area (Å²) < 4.78 is 16.6. The molecule has 5 nitrogen and oxygen atoms in total. The van der Waals surface area contributed by atoms with Gasteiger partial charge < -0.3 is 19.5 Å². The number of fused-ring (bicyclic) bond motifs is 1. The molecule has 3 aromatic carbocycles. The van der Waals surface area contributed by atoms with Crippen molar-refractivity contribution in [2.24, 2.45) is 0 Å². The van der Waals surface area contributed by atoms with Crippen LogP contribution in [0.5, 0.6) is 17.2 Å². The Morgan fingerprint density at radius 1 is 0.929 bits per heavy atom. The van der Waals surface area contributed by atoms with Crippen molar-refractivity contribution in [1.82, 2.24) is 0 Å². The predicted octanol–water partition coefficient (Wildman–Crippen LogP) is 4.80. The first-order chi connectivity index (χ1) is 13.7. The van der Waals surface area contributed by atoms with Crippen LogP contribution in [0.4, 0.5) is 5.69 Å². The molecule has 0 aromatic heterocycles. The lowest BCUT2D eigenvalue weighted by atomic mass is 10.1. The van der Waals surface area contributed by atoms with Crippen molar-refractivity contribution in [3.05, 3.63) is 71.8 Å². The van der Waals surface area contributed by atoms with Crippen LogP contribution in [0.15, 0.2) is 66.7 Å². The molecule has 1 N–H and O–H groups in total. The Labute approximate surface area is 167 Å². The highest BCUT2D eigenvalue weighted by Crippen LogP contribution is 2.33. The summed E-state index contributed by atoms with van der Waals surface area (Å²) in [6.07, 6.45) is 0. The van der Waals surface area contributed by atoms with Crippen LogP contribution in [0.25, 0.3) is 11.1 Å². The normalized spacial score (nSPS) is 12.3. The van der Waals surface area contributed by atoms with Crippen LogP contribution >= 0.6 is 11.6 Å². The average molecular weight is 396 g/mol. The third-order valence-corrected chi connectivity index (χ3v) is 4.52. The number of carbonyl (C=O) groups excluding carboxylic acids is 1. The number of rotatable bonds is 5. The highest BCUT2D eigenvalue weighted by atomic mass is 35.5. The summed E-state index contributed by atoms with van der Waals surface area (Å²) in [4.78, 5) is 12.2. The molecule has 0 aliphatic carbocycles. The molecule has 0 unspecified atom stereocenters. The molecular weight excluding hydrogens is 378 g/mol. The minimum Gasteiger partial charge on any atom is -0.486 e. The van der Waals surface area contributed by atoms with E-state index in [0.717, 1.165) is 11.1 Å². The van der Waals surface area contributed by atoms with Gasteiger partial charge in [-0.05, 0) is 35.4 Å². The van der Waals surface area contributed by atoms with Crippen LogP contribution in [0.1, 0.15) is 0 Å². The minimum absolute atomic E-state index is 0.154. The first kappa shape index (κ1) is 18.2. The number of hydrogen-bond acceptors (Lipinski definition) is 4. The Morgan fingerprint density at radius 3 is 2.50 bits per heavy atom. The van der Waals surface area contributed by atoms with Crippen LogP contribution in [-0.2, 0) is 4.79 Å². The Bertz CT molecular complexity index is 991. The maximum absolute atomic E-state index is 12.2. The zero-order valence-electron chi connectivity index (χ0n) is 15.0. The second-order valence-electron chi connectivity index (χ2n) is 6.21. The van der Waals surface area contributed by atoms with Crippen molar-refractivity contribution < 1.29 is 19.0 Å². The van der Waals surface area contributed by atoms with Crippen LogP contribution in [-0.4, -0.2) is 25.7 Å². The Hall–Kier alpha value is -3.18. The van der Waals surface area contributed by atoms with Gasteiger partial charge >= 0.3 is 0 Å². The summed E-state index contributed by atoms with van der Waals surface area (Å²) in [6, 6.07) is 20.7. The zero-order valence-corrected chi connectivity index (χ0v) is 15.7. The van der Waals surface area contributed by atoms with Crippen LogP contribution in [0.3, 0.4) is 0 Å². The van der Waals surface area contributed by atoms with E-state index in [0.29, 0.717) is 41.2 Å². The number of ether oxygens (including phenoxy) is 3. The van der Waals surface area contributed by atoms with E-state index in [1.807, 2.05) is 42.5 Å². The van der Waals surface area contributed by atoms with E-state index < -0.39 is 0 Å². The van der Waals surface area contributed by atoms with Crippen molar-refractivity contribution in [1.29, 1.82) is 0 Å². The molecule has 28 heavy (non-hydrogen) atoms. The molecular formula is C22H18ClNO4. The van der Waals surface area contributed by atoms with E-state index in [2.05, 4.69) is 5.32 Å². The fourth-order valence-electron chi connectivity index (χ4n) is 2.89. The number of anilines is 1. The molecule has 6 heteroatoms. The Kier molecular flexibility index (Phi) is 5.35. The predicted molar refractivity (Wildman–Crippen MR) is 108 cm³/mol. The third-order valence-electron chi connectivity index (χ3n) is 4.22. The van der Waals surface area contributed by atoms with Crippen molar-refractivity contribution in [3.8, 4) is 28.4 Å². The second kappa shape index (κ2) is 8.23. The molecule has 0 fully saturated rings. The van der Waals surface area contributed by atoms with Crippen LogP contribution in [0, 0.1) is 0 Å². The van der Waals surface area contributed by atoms with Gasteiger partial charge in [-0.2, -0.15) is 0 Å². The third kappa shape index (κ3) is 4.21. The number of nitrogens with one attached hydrogen (secondary N) is 1. The fraction of sp³-hybridized carbons (Fsp3) is 0.136. The van der Waals surface area contributed by atoms with Crippen molar-refractivity contribution in [2.45, 2.75) is 0 Å². The van der Waals surface area contributed by atoms with E-state index >= 15 is 0 Å². The minimum atomic E-state index is -0.292. The maximum Gasteiger partial charge on any atom is 0.262 e. The zero-order chi connectivity index (χ0) is 19.3. The standard InChI is InChI=1S/C22H18ClNO4/c23-18-12-16(15-4-2-1-3-5-15)6-8-19(18)28-14-22(25)24-17-7-9-20-21(13-17)27-11-10-26-20/h1-9,12-13H,10-11,14H2,(H,24,25). The van der Waals surface area contributed by atoms with Gasteiger partial charge in [0.15, 0.2) is 18.1 Å². The lowest BCUT2D eigenvalue weighted by Crippen LogP contribution is -2.21. The molecule has 0 bridgehead atoms. The highest BCUT2D eigenvalue weighted by molar-refractivity contribution is 6.32. The quantitative estimate of drug-likeness (QED) is 0.674. The summed E-state index contributed by atoms with van der Waals surface area (Å²) in [5, 5.41) is 3.23. The Morgan fingerprint density at radius 2 is 1.71 bits per heavy atom. The molecule has 4 rings (SSSR count).